The van der Waals surface area contributed by atoms with E-state index in [1.807, 2.05) is 6.07 Å². The maximum Gasteiger partial charge on any atom is 0.127 e. The first-order valence-electron chi connectivity index (χ1n) is 4.37. The molecule has 1 saturated carbocycles. The molecular formula is C9H10N4. The van der Waals surface area contributed by atoms with Crippen molar-refractivity contribution in [3.63, 3.8) is 0 Å². The highest BCUT2D eigenvalue weighted by atomic mass is 15.0. The fourth-order valence-electron chi connectivity index (χ4n) is 1.46. The van der Waals surface area contributed by atoms with Crippen LogP contribution >= 0.6 is 0 Å². The summed E-state index contributed by atoms with van der Waals surface area (Å²) in [5, 5.41) is 0. The van der Waals surface area contributed by atoms with E-state index >= 15 is 0 Å². The Morgan fingerprint density at radius 2 is 2.31 bits per heavy atom. The highest BCUT2D eigenvalue weighted by molar-refractivity contribution is 5.73. The smallest absolute Gasteiger partial charge is 0.127 e. The molecule has 0 aliphatic heterocycles. The molecular weight excluding hydrogens is 164 g/mol. The molecule has 2 aromatic heterocycles. The molecule has 4 heteroatoms. The van der Waals surface area contributed by atoms with Crippen LogP contribution in [0.15, 0.2) is 18.5 Å². The third-order valence-electron chi connectivity index (χ3n) is 2.55. The van der Waals surface area contributed by atoms with Crippen LogP contribution in [0.25, 0.3) is 11.0 Å². The largest absolute Gasteiger partial charge is 0.340 e. The molecule has 0 unspecified atom stereocenters. The predicted molar refractivity (Wildman–Crippen MR) is 49.0 cm³/mol. The molecule has 2 heterocycles. The second kappa shape index (κ2) is 2.09. The highest BCUT2D eigenvalue weighted by Gasteiger charge is 2.42. The highest BCUT2D eigenvalue weighted by Crippen LogP contribution is 2.41. The van der Waals surface area contributed by atoms with E-state index in [-0.39, 0.29) is 5.54 Å². The number of pyridine rings is 1. The Hall–Kier alpha value is -1.42. The third kappa shape index (κ3) is 0.954. The maximum atomic E-state index is 6.02. The maximum absolute atomic E-state index is 6.02. The minimum absolute atomic E-state index is 0.182. The third-order valence-corrected chi connectivity index (χ3v) is 2.55. The van der Waals surface area contributed by atoms with Crippen molar-refractivity contribution in [2.75, 3.05) is 0 Å². The van der Waals surface area contributed by atoms with Crippen LogP contribution in [-0.4, -0.2) is 15.0 Å². The van der Waals surface area contributed by atoms with Crippen LogP contribution < -0.4 is 5.73 Å². The van der Waals surface area contributed by atoms with E-state index < -0.39 is 0 Å². The Bertz CT molecular complexity index is 422. The first kappa shape index (κ1) is 7.03. The number of rotatable bonds is 1. The Balaban J connectivity index is 2.22. The number of aromatic amines is 1. The van der Waals surface area contributed by atoms with Crippen molar-refractivity contribution < 1.29 is 0 Å². The number of nitrogens with one attached hydrogen (secondary N) is 1. The zero-order valence-corrected chi connectivity index (χ0v) is 7.12. The molecule has 0 saturated heterocycles. The van der Waals surface area contributed by atoms with Crippen LogP contribution in [0.4, 0.5) is 0 Å². The van der Waals surface area contributed by atoms with Crippen LogP contribution in [0.1, 0.15) is 18.7 Å². The van der Waals surface area contributed by atoms with Crippen molar-refractivity contribution in [1.29, 1.82) is 0 Å². The zero-order valence-electron chi connectivity index (χ0n) is 7.12. The first-order valence-corrected chi connectivity index (χ1v) is 4.37. The number of imidazole rings is 1. The van der Waals surface area contributed by atoms with E-state index in [0.717, 1.165) is 29.7 Å². The summed E-state index contributed by atoms with van der Waals surface area (Å²) in [5.41, 5.74) is 7.75. The van der Waals surface area contributed by atoms with Gasteiger partial charge in [-0.1, -0.05) is 0 Å². The quantitative estimate of drug-likeness (QED) is 0.675. The van der Waals surface area contributed by atoms with Gasteiger partial charge in [0.2, 0.25) is 0 Å². The molecule has 13 heavy (non-hydrogen) atoms. The molecule has 0 radical (unpaired) electrons. The van der Waals surface area contributed by atoms with Gasteiger partial charge in [-0.15, -0.1) is 0 Å². The Morgan fingerprint density at radius 3 is 3.00 bits per heavy atom. The number of fused-ring (bicyclic) bond motifs is 1. The molecule has 66 valence electrons. The fourth-order valence-corrected chi connectivity index (χ4v) is 1.46. The average molecular weight is 174 g/mol. The summed E-state index contributed by atoms with van der Waals surface area (Å²) in [6.45, 7) is 0. The monoisotopic (exact) mass is 174 g/mol. The molecule has 2 aromatic rings. The SMILES string of the molecule is NC1(c2nc3cnccc3[nH]2)CC1. The van der Waals surface area contributed by atoms with Gasteiger partial charge in [-0.3, -0.25) is 4.98 Å². The Morgan fingerprint density at radius 1 is 1.46 bits per heavy atom. The second-order valence-corrected chi connectivity index (χ2v) is 3.63. The molecule has 0 atom stereocenters. The summed E-state index contributed by atoms with van der Waals surface area (Å²) in [5.74, 6) is 0.899. The second-order valence-electron chi connectivity index (χ2n) is 3.63. The number of hydrogen-bond donors (Lipinski definition) is 2. The lowest BCUT2D eigenvalue weighted by atomic mass is 10.3. The fraction of sp³-hybridized carbons (Fsp3) is 0.333. The molecule has 0 bridgehead atoms. The van der Waals surface area contributed by atoms with Crippen molar-refractivity contribution in [3.8, 4) is 0 Å². The molecule has 0 aromatic carbocycles. The number of nitrogens with two attached hydrogens (primary N) is 1. The van der Waals surface area contributed by atoms with Crippen LogP contribution in [0, 0.1) is 0 Å². The molecule has 0 spiro atoms. The van der Waals surface area contributed by atoms with Gasteiger partial charge < -0.3 is 10.7 Å². The van der Waals surface area contributed by atoms with Gasteiger partial charge in [0.15, 0.2) is 0 Å². The Labute approximate surface area is 75.2 Å². The summed E-state index contributed by atoms with van der Waals surface area (Å²) in [4.78, 5) is 11.6. The van der Waals surface area contributed by atoms with Crippen molar-refractivity contribution in [2.45, 2.75) is 18.4 Å². The van der Waals surface area contributed by atoms with E-state index in [9.17, 15) is 0 Å². The molecule has 1 aliphatic carbocycles. The van der Waals surface area contributed by atoms with Gasteiger partial charge in [0.05, 0.1) is 17.3 Å². The minimum atomic E-state index is -0.182. The van der Waals surface area contributed by atoms with Gasteiger partial charge in [0.25, 0.3) is 0 Å². The topological polar surface area (TPSA) is 67.6 Å². The first-order chi connectivity index (χ1) is 6.28. The van der Waals surface area contributed by atoms with Crippen molar-refractivity contribution in [1.82, 2.24) is 15.0 Å². The molecule has 1 fully saturated rings. The average Bonchev–Trinajstić information content (AvgIpc) is 2.76. The molecule has 4 nitrogen and oxygen atoms in total. The summed E-state index contributed by atoms with van der Waals surface area (Å²) in [7, 11) is 0. The number of hydrogen-bond acceptors (Lipinski definition) is 3. The van der Waals surface area contributed by atoms with E-state index in [1.54, 1.807) is 12.4 Å². The Kier molecular flexibility index (Phi) is 1.13. The van der Waals surface area contributed by atoms with Crippen LogP contribution in [-0.2, 0) is 5.54 Å². The number of nitrogens with zero attached hydrogens (tertiary/aromatic N) is 2. The lowest BCUT2D eigenvalue weighted by Gasteiger charge is -2.01. The molecule has 0 amide bonds. The van der Waals surface area contributed by atoms with Crippen molar-refractivity contribution in [3.05, 3.63) is 24.3 Å². The van der Waals surface area contributed by atoms with Crippen LogP contribution in [0.5, 0.6) is 0 Å². The van der Waals surface area contributed by atoms with Crippen molar-refractivity contribution in [2.24, 2.45) is 5.73 Å². The lowest BCUT2D eigenvalue weighted by Crippen LogP contribution is -2.20. The van der Waals surface area contributed by atoms with Gasteiger partial charge in [0.1, 0.15) is 11.3 Å². The summed E-state index contributed by atoms with van der Waals surface area (Å²) < 4.78 is 0. The normalized spacial score (nSPS) is 19.2. The van der Waals surface area contributed by atoms with E-state index in [0.29, 0.717) is 0 Å². The van der Waals surface area contributed by atoms with Gasteiger partial charge in [-0.05, 0) is 18.9 Å². The molecule has 1 aliphatic rings. The molecule has 3 rings (SSSR count). The summed E-state index contributed by atoms with van der Waals surface area (Å²) in [6, 6.07) is 1.91. The van der Waals surface area contributed by atoms with Crippen molar-refractivity contribution >= 4 is 11.0 Å². The summed E-state index contributed by atoms with van der Waals surface area (Å²) >= 11 is 0. The lowest BCUT2D eigenvalue weighted by molar-refractivity contribution is 0.688. The predicted octanol–water partition coefficient (Wildman–Crippen LogP) is 0.906. The van der Waals surface area contributed by atoms with E-state index in [2.05, 4.69) is 15.0 Å². The van der Waals surface area contributed by atoms with Gasteiger partial charge in [-0.2, -0.15) is 0 Å². The minimum Gasteiger partial charge on any atom is -0.340 e. The zero-order chi connectivity index (χ0) is 8.89. The van der Waals surface area contributed by atoms with Gasteiger partial charge in [-0.25, -0.2) is 4.98 Å². The number of H-pyrrole nitrogens is 1. The van der Waals surface area contributed by atoms with E-state index in [4.69, 9.17) is 5.73 Å². The molecule has 3 N–H and O–H groups in total. The standard InChI is InChI=1S/C9H10N4/c10-9(2-3-9)8-12-6-1-4-11-5-7(6)13-8/h1,4-5H,2-3,10H2,(H,12,13). The van der Waals surface area contributed by atoms with Crippen LogP contribution in [0.2, 0.25) is 0 Å². The van der Waals surface area contributed by atoms with E-state index in [1.165, 1.54) is 0 Å². The van der Waals surface area contributed by atoms with Crippen LogP contribution in [0.3, 0.4) is 0 Å². The van der Waals surface area contributed by atoms with Gasteiger partial charge >= 0.3 is 0 Å². The summed E-state index contributed by atoms with van der Waals surface area (Å²) in [6.07, 6.45) is 5.56. The van der Waals surface area contributed by atoms with Gasteiger partial charge in [0, 0.05) is 6.20 Å². The number of aromatic nitrogens is 3.